The summed E-state index contributed by atoms with van der Waals surface area (Å²) < 4.78 is 11.3. The Morgan fingerprint density at radius 1 is 1.43 bits per heavy atom. The highest BCUT2D eigenvalue weighted by molar-refractivity contribution is 5.68. The van der Waals surface area contributed by atoms with Gasteiger partial charge in [0.05, 0.1) is 12.7 Å². The minimum absolute atomic E-state index is 0.225. The number of nitrogens with one attached hydrogen (secondary N) is 2. The Hall–Kier alpha value is -1.60. The smallest absolute Gasteiger partial charge is 0.410 e. The molecule has 2 rings (SSSR count). The zero-order chi connectivity index (χ0) is 16.7. The zero-order valence-corrected chi connectivity index (χ0v) is 14.3. The predicted molar refractivity (Wildman–Crippen MR) is 87.1 cm³/mol. The van der Waals surface area contributed by atoms with Gasteiger partial charge in [-0.1, -0.05) is 0 Å². The van der Waals surface area contributed by atoms with Crippen molar-refractivity contribution >= 4 is 6.09 Å². The van der Waals surface area contributed by atoms with E-state index < -0.39 is 5.60 Å². The van der Waals surface area contributed by atoms with Crippen LogP contribution in [0.4, 0.5) is 4.79 Å². The van der Waals surface area contributed by atoms with E-state index in [1.807, 2.05) is 26.8 Å². The van der Waals surface area contributed by atoms with E-state index >= 15 is 0 Å². The van der Waals surface area contributed by atoms with Crippen molar-refractivity contribution < 1.29 is 14.3 Å². The number of H-pyrrole nitrogens is 1. The van der Waals surface area contributed by atoms with Crippen LogP contribution >= 0.6 is 0 Å². The summed E-state index contributed by atoms with van der Waals surface area (Å²) in [4.78, 5) is 13.7. The van der Waals surface area contributed by atoms with Crippen molar-refractivity contribution in [2.75, 3.05) is 26.2 Å². The molecule has 0 bridgehead atoms. The number of hydrogen-bond acceptors (Lipinski definition) is 5. The second-order valence-electron chi connectivity index (χ2n) is 6.80. The molecule has 23 heavy (non-hydrogen) atoms. The van der Waals surface area contributed by atoms with Crippen molar-refractivity contribution in [2.45, 2.75) is 51.9 Å². The van der Waals surface area contributed by atoms with Gasteiger partial charge in [0.25, 0.3) is 0 Å². The second-order valence-corrected chi connectivity index (χ2v) is 6.80. The van der Waals surface area contributed by atoms with Crippen molar-refractivity contribution in [3.8, 4) is 0 Å². The van der Waals surface area contributed by atoms with E-state index in [4.69, 9.17) is 9.47 Å². The summed E-state index contributed by atoms with van der Waals surface area (Å²) in [6.45, 7) is 9.28. The predicted octanol–water partition coefficient (Wildman–Crippen LogP) is 1.92. The lowest BCUT2D eigenvalue weighted by Crippen LogP contribution is -2.43. The highest BCUT2D eigenvalue weighted by Crippen LogP contribution is 2.17. The minimum Gasteiger partial charge on any atom is -0.444 e. The van der Waals surface area contributed by atoms with Crippen molar-refractivity contribution in [3.05, 3.63) is 18.0 Å². The van der Waals surface area contributed by atoms with Crippen LogP contribution in [-0.4, -0.2) is 59.1 Å². The van der Waals surface area contributed by atoms with E-state index in [1.54, 1.807) is 11.1 Å². The lowest BCUT2D eigenvalue weighted by Gasteiger charge is -2.33. The molecular formula is C16H28N4O3. The molecule has 0 radical (unpaired) electrons. The van der Waals surface area contributed by atoms with Gasteiger partial charge in [-0.2, -0.15) is 5.10 Å². The van der Waals surface area contributed by atoms with Crippen LogP contribution in [0.15, 0.2) is 12.3 Å². The first-order chi connectivity index (χ1) is 10.9. The van der Waals surface area contributed by atoms with Crippen LogP contribution in [0.3, 0.4) is 0 Å². The number of amides is 1. The van der Waals surface area contributed by atoms with Gasteiger partial charge in [0.1, 0.15) is 5.60 Å². The molecule has 0 saturated carbocycles. The molecule has 2 heterocycles. The number of aromatic nitrogens is 2. The molecule has 7 nitrogen and oxygen atoms in total. The van der Waals surface area contributed by atoms with Crippen LogP contribution in [-0.2, 0) is 16.0 Å². The van der Waals surface area contributed by atoms with Crippen molar-refractivity contribution in [2.24, 2.45) is 0 Å². The standard InChI is InChI=1S/C16H28N4O3/c1-16(2,3)23-15(21)20-9-5-14(6-10-20)22-11-8-17-12-13-4-7-18-19-13/h4,7,14,17H,5-6,8-12H2,1-3H3,(H,18,19). The summed E-state index contributed by atoms with van der Waals surface area (Å²) >= 11 is 0. The largest absolute Gasteiger partial charge is 0.444 e. The van der Waals surface area contributed by atoms with Crippen LogP contribution in [0.25, 0.3) is 0 Å². The molecule has 1 aromatic heterocycles. The average molecular weight is 324 g/mol. The van der Waals surface area contributed by atoms with Crippen molar-refractivity contribution in [3.63, 3.8) is 0 Å². The first-order valence-electron chi connectivity index (χ1n) is 8.22. The molecule has 130 valence electrons. The van der Waals surface area contributed by atoms with Crippen LogP contribution < -0.4 is 5.32 Å². The van der Waals surface area contributed by atoms with Crippen LogP contribution in [0.5, 0.6) is 0 Å². The lowest BCUT2D eigenvalue weighted by molar-refractivity contribution is -0.0105. The summed E-state index contributed by atoms with van der Waals surface area (Å²) in [5.41, 5.74) is 0.626. The Morgan fingerprint density at radius 2 is 2.17 bits per heavy atom. The summed E-state index contributed by atoms with van der Waals surface area (Å²) in [6, 6.07) is 1.94. The number of carbonyl (C=O) groups is 1. The minimum atomic E-state index is -0.440. The highest BCUT2D eigenvalue weighted by Gasteiger charge is 2.26. The molecule has 0 aromatic carbocycles. The quantitative estimate of drug-likeness (QED) is 0.782. The Labute approximate surface area is 137 Å². The van der Waals surface area contributed by atoms with E-state index in [1.165, 1.54) is 0 Å². The zero-order valence-electron chi connectivity index (χ0n) is 14.3. The molecule has 1 amide bonds. The summed E-state index contributed by atoms with van der Waals surface area (Å²) in [7, 11) is 0. The molecule has 1 aliphatic heterocycles. The lowest BCUT2D eigenvalue weighted by atomic mass is 10.1. The third-order valence-electron chi connectivity index (χ3n) is 3.60. The van der Waals surface area contributed by atoms with Gasteiger partial charge in [0.15, 0.2) is 0 Å². The Bertz CT molecular complexity index is 462. The van der Waals surface area contributed by atoms with Gasteiger partial charge in [-0.3, -0.25) is 5.10 Å². The van der Waals surface area contributed by atoms with Gasteiger partial charge in [0.2, 0.25) is 0 Å². The molecule has 7 heteroatoms. The van der Waals surface area contributed by atoms with Gasteiger partial charge in [-0.05, 0) is 39.7 Å². The number of carbonyl (C=O) groups excluding carboxylic acids is 1. The molecule has 0 atom stereocenters. The number of nitrogens with zero attached hydrogens (tertiary/aromatic N) is 2. The van der Waals surface area contributed by atoms with Gasteiger partial charge < -0.3 is 19.7 Å². The van der Waals surface area contributed by atoms with Gasteiger partial charge in [-0.25, -0.2) is 4.79 Å². The SMILES string of the molecule is CC(C)(C)OC(=O)N1CCC(OCCNCc2ccn[nH]2)CC1. The fraction of sp³-hybridized carbons (Fsp3) is 0.750. The van der Waals surface area contributed by atoms with Crippen molar-refractivity contribution in [1.29, 1.82) is 0 Å². The number of piperidine rings is 1. The number of hydrogen-bond donors (Lipinski definition) is 2. The molecule has 1 aromatic rings. The molecule has 2 N–H and O–H groups in total. The van der Waals surface area contributed by atoms with Gasteiger partial charge in [0, 0.05) is 38.1 Å². The highest BCUT2D eigenvalue weighted by atomic mass is 16.6. The number of rotatable bonds is 6. The van der Waals surface area contributed by atoms with Crippen LogP contribution in [0.2, 0.25) is 0 Å². The van der Waals surface area contributed by atoms with Gasteiger partial charge in [-0.15, -0.1) is 0 Å². The molecular weight excluding hydrogens is 296 g/mol. The van der Waals surface area contributed by atoms with E-state index in [0.29, 0.717) is 19.7 Å². The maximum atomic E-state index is 12.0. The van der Waals surface area contributed by atoms with Crippen LogP contribution in [0, 0.1) is 0 Å². The van der Waals surface area contributed by atoms with Gasteiger partial charge >= 0.3 is 6.09 Å². The molecule has 1 aliphatic rings. The first-order valence-corrected chi connectivity index (χ1v) is 8.22. The normalized spacial score (nSPS) is 16.6. The first kappa shape index (κ1) is 17.7. The monoisotopic (exact) mass is 324 g/mol. The van der Waals surface area contributed by atoms with E-state index in [-0.39, 0.29) is 12.2 Å². The van der Waals surface area contributed by atoms with E-state index in [9.17, 15) is 4.79 Å². The fourth-order valence-corrected chi connectivity index (χ4v) is 2.44. The Morgan fingerprint density at radius 3 is 2.78 bits per heavy atom. The molecule has 1 fully saturated rings. The van der Waals surface area contributed by atoms with Crippen molar-refractivity contribution in [1.82, 2.24) is 20.4 Å². The second kappa shape index (κ2) is 8.31. The Kier molecular flexibility index (Phi) is 6.41. The summed E-state index contributed by atoms with van der Waals surface area (Å²) in [5, 5.41) is 10.1. The molecule has 0 unspecified atom stereocenters. The molecule has 1 saturated heterocycles. The maximum absolute atomic E-state index is 12.0. The number of likely N-dealkylation sites (tertiary alicyclic amines) is 1. The van der Waals surface area contributed by atoms with E-state index in [2.05, 4.69) is 15.5 Å². The summed E-state index contributed by atoms with van der Waals surface area (Å²) in [6.07, 6.45) is 3.46. The van der Waals surface area contributed by atoms with E-state index in [0.717, 1.165) is 31.6 Å². The third-order valence-corrected chi connectivity index (χ3v) is 3.60. The third kappa shape index (κ3) is 6.58. The Balaban J connectivity index is 1.55. The number of ether oxygens (including phenoxy) is 2. The average Bonchev–Trinajstić information content (AvgIpc) is 2.99. The van der Waals surface area contributed by atoms with Crippen LogP contribution in [0.1, 0.15) is 39.3 Å². The topological polar surface area (TPSA) is 79.5 Å². The molecule has 0 spiro atoms. The summed E-state index contributed by atoms with van der Waals surface area (Å²) in [5.74, 6) is 0. The number of aromatic amines is 1. The molecule has 0 aliphatic carbocycles. The maximum Gasteiger partial charge on any atom is 0.410 e. The fourth-order valence-electron chi connectivity index (χ4n) is 2.44.